The minimum absolute atomic E-state index is 0.0804. The highest BCUT2D eigenvalue weighted by atomic mass is 79.9. The van der Waals surface area contributed by atoms with E-state index in [9.17, 15) is 21.6 Å². The van der Waals surface area contributed by atoms with Crippen molar-refractivity contribution in [2.24, 2.45) is 5.73 Å². The maximum Gasteiger partial charge on any atom is 0.416 e. The third-order valence-corrected chi connectivity index (χ3v) is 4.93. The molecule has 0 unspecified atom stereocenters. The predicted molar refractivity (Wildman–Crippen MR) is 72.6 cm³/mol. The van der Waals surface area contributed by atoms with Crippen LogP contribution in [0.15, 0.2) is 27.6 Å². The Bertz CT molecular complexity index is 561. The molecule has 0 amide bonds. The summed E-state index contributed by atoms with van der Waals surface area (Å²) in [4.78, 5) is -0.430. The first-order valence-corrected chi connectivity index (χ1v) is 8.02. The largest absolute Gasteiger partial charge is 0.416 e. The first-order valence-electron chi connectivity index (χ1n) is 5.75. The number of unbranched alkanes of at least 4 members (excludes halogenated alkanes) is 1. The topological polar surface area (TPSA) is 72.2 Å². The van der Waals surface area contributed by atoms with Crippen LogP contribution in [-0.4, -0.2) is 21.5 Å². The van der Waals surface area contributed by atoms with E-state index in [0.717, 1.165) is 12.1 Å². The van der Waals surface area contributed by atoms with Gasteiger partial charge in [-0.25, -0.2) is 13.1 Å². The zero-order valence-electron chi connectivity index (χ0n) is 10.4. The fourth-order valence-corrected chi connectivity index (χ4v) is 3.50. The van der Waals surface area contributed by atoms with Crippen LogP contribution in [-0.2, 0) is 16.2 Å². The van der Waals surface area contributed by atoms with E-state index >= 15 is 0 Å². The number of alkyl halides is 3. The van der Waals surface area contributed by atoms with Crippen LogP contribution in [0.25, 0.3) is 0 Å². The van der Waals surface area contributed by atoms with Crippen molar-refractivity contribution in [3.63, 3.8) is 0 Å². The van der Waals surface area contributed by atoms with Gasteiger partial charge in [0.1, 0.15) is 0 Å². The Kier molecular flexibility index (Phi) is 5.99. The van der Waals surface area contributed by atoms with Crippen molar-refractivity contribution in [2.45, 2.75) is 23.9 Å². The summed E-state index contributed by atoms with van der Waals surface area (Å²) in [6.45, 7) is 0.553. The van der Waals surface area contributed by atoms with Gasteiger partial charge in [-0.05, 0) is 53.5 Å². The van der Waals surface area contributed by atoms with Crippen LogP contribution in [0.4, 0.5) is 13.2 Å². The standard InChI is InChI=1S/C11H14BrF3N2O2S/c12-9-4-3-8(11(13,14)15)7-10(9)20(18,19)17-6-2-1-5-16/h3-4,7,17H,1-2,5-6,16H2. The van der Waals surface area contributed by atoms with E-state index in [4.69, 9.17) is 5.73 Å². The molecule has 0 aromatic heterocycles. The van der Waals surface area contributed by atoms with Crippen molar-refractivity contribution in [2.75, 3.05) is 13.1 Å². The van der Waals surface area contributed by atoms with Crippen LogP contribution in [0.5, 0.6) is 0 Å². The van der Waals surface area contributed by atoms with Crippen molar-refractivity contribution in [1.82, 2.24) is 4.72 Å². The van der Waals surface area contributed by atoms with Gasteiger partial charge < -0.3 is 5.73 Å². The number of benzene rings is 1. The zero-order valence-corrected chi connectivity index (χ0v) is 12.8. The van der Waals surface area contributed by atoms with Crippen LogP contribution >= 0.6 is 15.9 Å². The summed E-state index contributed by atoms with van der Waals surface area (Å²) in [5.74, 6) is 0. The van der Waals surface area contributed by atoms with Crippen molar-refractivity contribution in [1.29, 1.82) is 0 Å². The Labute approximate surface area is 123 Å². The monoisotopic (exact) mass is 374 g/mol. The minimum atomic E-state index is -4.59. The molecule has 20 heavy (non-hydrogen) atoms. The Morgan fingerprint density at radius 3 is 2.45 bits per heavy atom. The summed E-state index contributed by atoms with van der Waals surface area (Å²) < 4.78 is 64.0. The molecule has 0 spiro atoms. The normalized spacial score (nSPS) is 12.7. The first kappa shape index (κ1) is 17.4. The number of rotatable bonds is 6. The summed E-state index contributed by atoms with van der Waals surface area (Å²) in [7, 11) is -3.99. The van der Waals surface area contributed by atoms with Crippen molar-refractivity contribution >= 4 is 26.0 Å². The molecule has 0 aliphatic heterocycles. The highest BCUT2D eigenvalue weighted by molar-refractivity contribution is 9.10. The molecule has 9 heteroatoms. The molecule has 0 atom stereocenters. The number of hydrogen-bond donors (Lipinski definition) is 2. The van der Waals surface area contributed by atoms with Crippen LogP contribution < -0.4 is 10.5 Å². The quantitative estimate of drug-likeness (QED) is 0.751. The molecule has 1 aromatic carbocycles. The van der Waals surface area contributed by atoms with Gasteiger partial charge in [-0.2, -0.15) is 13.2 Å². The Hall–Kier alpha value is -0.640. The highest BCUT2D eigenvalue weighted by Crippen LogP contribution is 2.33. The van der Waals surface area contributed by atoms with E-state index in [2.05, 4.69) is 20.7 Å². The highest BCUT2D eigenvalue weighted by Gasteiger charge is 2.32. The van der Waals surface area contributed by atoms with Gasteiger partial charge in [-0.3, -0.25) is 0 Å². The van der Waals surface area contributed by atoms with Crippen LogP contribution in [0.3, 0.4) is 0 Å². The van der Waals surface area contributed by atoms with Crippen molar-refractivity contribution < 1.29 is 21.6 Å². The fraction of sp³-hybridized carbons (Fsp3) is 0.455. The zero-order chi connectivity index (χ0) is 15.4. The molecule has 0 heterocycles. The summed E-state index contributed by atoms with van der Waals surface area (Å²) in [5, 5.41) is 0. The fourth-order valence-electron chi connectivity index (χ4n) is 1.44. The summed E-state index contributed by atoms with van der Waals surface area (Å²) in [6.07, 6.45) is -3.44. The molecule has 114 valence electrons. The van der Waals surface area contributed by atoms with E-state index in [-0.39, 0.29) is 11.0 Å². The summed E-state index contributed by atoms with van der Waals surface area (Å²) in [5.41, 5.74) is 4.26. The molecule has 0 aliphatic carbocycles. The lowest BCUT2D eigenvalue weighted by atomic mass is 10.2. The SMILES string of the molecule is NCCCCNS(=O)(=O)c1cc(C(F)(F)F)ccc1Br. The van der Waals surface area contributed by atoms with Crippen molar-refractivity contribution in [3.05, 3.63) is 28.2 Å². The average molecular weight is 375 g/mol. The van der Waals surface area contributed by atoms with E-state index in [0.29, 0.717) is 25.5 Å². The first-order chi connectivity index (χ1) is 9.18. The molecule has 1 rings (SSSR count). The lowest BCUT2D eigenvalue weighted by Gasteiger charge is -2.12. The van der Waals surface area contributed by atoms with E-state index in [1.807, 2.05) is 0 Å². The van der Waals surface area contributed by atoms with Gasteiger partial charge in [-0.1, -0.05) is 0 Å². The van der Waals surface area contributed by atoms with Gasteiger partial charge in [0.2, 0.25) is 10.0 Å². The van der Waals surface area contributed by atoms with Gasteiger partial charge in [0.05, 0.1) is 10.5 Å². The van der Waals surface area contributed by atoms with E-state index in [1.54, 1.807) is 0 Å². The molecule has 4 nitrogen and oxygen atoms in total. The number of nitrogens with one attached hydrogen (secondary N) is 1. The molecular formula is C11H14BrF3N2O2S. The number of halogens is 4. The number of nitrogens with two attached hydrogens (primary N) is 1. The Balaban J connectivity index is 2.99. The number of hydrogen-bond acceptors (Lipinski definition) is 3. The van der Waals surface area contributed by atoms with Crippen LogP contribution in [0, 0.1) is 0 Å². The van der Waals surface area contributed by atoms with E-state index < -0.39 is 26.7 Å². The van der Waals surface area contributed by atoms with Crippen LogP contribution in [0.1, 0.15) is 18.4 Å². The summed E-state index contributed by atoms with van der Waals surface area (Å²) in [6, 6.07) is 2.49. The molecular weight excluding hydrogens is 361 g/mol. The predicted octanol–water partition coefficient (Wildman–Crippen LogP) is 2.49. The second-order valence-electron chi connectivity index (χ2n) is 4.04. The molecule has 0 radical (unpaired) electrons. The molecule has 1 aromatic rings. The third-order valence-electron chi connectivity index (χ3n) is 2.47. The number of sulfonamides is 1. The second kappa shape index (κ2) is 6.88. The smallest absolute Gasteiger partial charge is 0.330 e. The molecule has 0 fully saturated rings. The molecule has 0 saturated heterocycles. The molecule has 3 N–H and O–H groups in total. The van der Waals surface area contributed by atoms with Crippen LogP contribution in [0.2, 0.25) is 0 Å². The lowest BCUT2D eigenvalue weighted by molar-refractivity contribution is -0.137. The van der Waals surface area contributed by atoms with Gasteiger partial charge >= 0.3 is 6.18 Å². The third kappa shape index (κ3) is 4.72. The Morgan fingerprint density at radius 2 is 1.90 bits per heavy atom. The van der Waals surface area contributed by atoms with Gasteiger partial charge in [0.25, 0.3) is 0 Å². The molecule has 0 aliphatic rings. The average Bonchev–Trinajstić information content (AvgIpc) is 2.33. The van der Waals surface area contributed by atoms with Gasteiger partial charge in [-0.15, -0.1) is 0 Å². The Morgan fingerprint density at radius 1 is 1.25 bits per heavy atom. The maximum absolute atomic E-state index is 12.6. The summed E-state index contributed by atoms with van der Waals surface area (Å²) >= 11 is 2.95. The minimum Gasteiger partial charge on any atom is -0.330 e. The second-order valence-corrected chi connectivity index (χ2v) is 6.63. The molecule has 0 bridgehead atoms. The van der Waals surface area contributed by atoms with Gasteiger partial charge in [0.15, 0.2) is 0 Å². The van der Waals surface area contributed by atoms with Crippen molar-refractivity contribution in [3.8, 4) is 0 Å². The van der Waals surface area contributed by atoms with E-state index in [1.165, 1.54) is 0 Å². The lowest BCUT2D eigenvalue weighted by Crippen LogP contribution is -2.26. The molecule has 0 saturated carbocycles. The van der Waals surface area contributed by atoms with Gasteiger partial charge in [0, 0.05) is 11.0 Å². The maximum atomic E-state index is 12.6.